The minimum absolute atomic E-state index is 0.0612. The van der Waals surface area contributed by atoms with E-state index >= 15 is 4.39 Å². The maximum Gasteiger partial charge on any atom is 0.228 e. The highest BCUT2D eigenvalue weighted by Gasteiger charge is 2.50. The number of amides is 2. The minimum atomic E-state index is -0.607. The summed E-state index contributed by atoms with van der Waals surface area (Å²) in [6.07, 6.45) is 4.31. The lowest BCUT2D eigenvalue weighted by Gasteiger charge is -2.42. The van der Waals surface area contributed by atoms with Gasteiger partial charge in [-0.3, -0.25) is 14.5 Å². The van der Waals surface area contributed by atoms with E-state index in [1.807, 2.05) is 6.92 Å². The molecular formula is C34H44ClF2N3O2. The van der Waals surface area contributed by atoms with Crippen molar-refractivity contribution >= 4 is 23.4 Å². The first-order chi connectivity index (χ1) is 19.8. The Labute approximate surface area is 254 Å². The van der Waals surface area contributed by atoms with Gasteiger partial charge in [-0.25, -0.2) is 8.78 Å². The molecular weight excluding hydrogens is 556 g/mol. The molecule has 0 aromatic heterocycles. The Kier molecular flexibility index (Phi) is 8.75. The van der Waals surface area contributed by atoms with Crippen LogP contribution in [0.3, 0.4) is 0 Å². The molecule has 2 bridgehead atoms. The molecule has 0 saturated carbocycles. The zero-order chi connectivity index (χ0) is 30.5. The van der Waals surface area contributed by atoms with Crippen LogP contribution < -0.4 is 5.32 Å². The van der Waals surface area contributed by atoms with E-state index < -0.39 is 17.6 Å². The third kappa shape index (κ3) is 5.96. The van der Waals surface area contributed by atoms with Gasteiger partial charge in [0.25, 0.3) is 0 Å². The van der Waals surface area contributed by atoms with Crippen molar-refractivity contribution < 1.29 is 18.4 Å². The topological polar surface area (TPSA) is 52.7 Å². The van der Waals surface area contributed by atoms with E-state index in [2.05, 4.69) is 54.9 Å². The van der Waals surface area contributed by atoms with Crippen LogP contribution in [0.4, 0.5) is 8.78 Å². The molecule has 0 radical (unpaired) electrons. The van der Waals surface area contributed by atoms with Crippen molar-refractivity contribution in [3.05, 3.63) is 69.2 Å². The standard InChI is InChI=1S/C34H44ClF2N3O2/c1-7-32(38-20(3)41)27-12-19(2)30(35)16-26(27)21-13-23-9-10-24(14-21)40(23)33(42)29-18-39(34(4,5)6)17-28(29)25-11-8-22(36)15-31(25)37/h8,11-12,15-16,21,23-24,28-29,32H,7,9-10,13-14,17-18H2,1-6H3,(H,38,41)/t21?,23?,24?,28-,29?,32?/m0/s1. The second-order valence-electron chi connectivity index (χ2n) is 13.6. The average molecular weight is 600 g/mol. The van der Waals surface area contributed by atoms with Gasteiger partial charge in [-0.05, 0) is 100 Å². The number of hydrogen-bond acceptors (Lipinski definition) is 3. The van der Waals surface area contributed by atoms with Gasteiger partial charge in [0, 0.05) is 54.6 Å². The predicted molar refractivity (Wildman–Crippen MR) is 163 cm³/mol. The number of piperidine rings is 1. The maximum absolute atomic E-state index is 15.1. The molecule has 2 amide bonds. The van der Waals surface area contributed by atoms with Crippen LogP contribution in [0.2, 0.25) is 5.02 Å². The second kappa shape index (κ2) is 11.9. The molecule has 3 heterocycles. The summed E-state index contributed by atoms with van der Waals surface area (Å²) in [5.41, 5.74) is 3.51. The summed E-state index contributed by atoms with van der Waals surface area (Å²) in [5.74, 6) is -1.66. The Hall–Kier alpha value is -2.51. The number of likely N-dealkylation sites (tertiary alicyclic amines) is 1. The van der Waals surface area contributed by atoms with Crippen LogP contribution in [-0.2, 0) is 9.59 Å². The van der Waals surface area contributed by atoms with E-state index in [0.717, 1.165) is 54.3 Å². The molecule has 5 rings (SSSR count). The Bertz CT molecular complexity index is 1350. The number of nitrogens with zero attached hydrogens (tertiary/aromatic N) is 2. The number of halogens is 3. The molecule has 228 valence electrons. The molecule has 0 spiro atoms. The quantitative estimate of drug-likeness (QED) is 0.380. The third-order valence-corrected chi connectivity index (χ3v) is 10.3. The van der Waals surface area contributed by atoms with Crippen molar-refractivity contribution in [2.24, 2.45) is 5.92 Å². The van der Waals surface area contributed by atoms with Gasteiger partial charge < -0.3 is 10.2 Å². The predicted octanol–water partition coefficient (Wildman–Crippen LogP) is 7.26. The summed E-state index contributed by atoms with van der Waals surface area (Å²) in [6.45, 7) is 13.1. The average Bonchev–Trinajstić information content (AvgIpc) is 3.47. The summed E-state index contributed by atoms with van der Waals surface area (Å²) in [7, 11) is 0. The van der Waals surface area contributed by atoms with Crippen molar-refractivity contribution in [1.82, 2.24) is 15.1 Å². The molecule has 5 atom stereocenters. The van der Waals surface area contributed by atoms with Crippen LogP contribution in [0.15, 0.2) is 30.3 Å². The van der Waals surface area contributed by atoms with E-state index in [0.29, 0.717) is 18.7 Å². The molecule has 3 aliphatic heterocycles. The van der Waals surface area contributed by atoms with E-state index in [4.69, 9.17) is 11.6 Å². The van der Waals surface area contributed by atoms with Gasteiger partial charge >= 0.3 is 0 Å². The largest absolute Gasteiger partial charge is 0.350 e. The van der Waals surface area contributed by atoms with Crippen LogP contribution in [0.5, 0.6) is 0 Å². The second-order valence-corrected chi connectivity index (χ2v) is 14.1. The van der Waals surface area contributed by atoms with Gasteiger partial charge in [-0.15, -0.1) is 0 Å². The highest BCUT2D eigenvalue weighted by molar-refractivity contribution is 6.31. The van der Waals surface area contributed by atoms with Gasteiger partial charge in [-0.2, -0.15) is 0 Å². The fourth-order valence-corrected chi connectivity index (χ4v) is 7.89. The molecule has 5 nitrogen and oxygen atoms in total. The molecule has 8 heteroatoms. The smallest absolute Gasteiger partial charge is 0.228 e. The Morgan fingerprint density at radius 2 is 1.71 bits per heavy atom. The first-order valence-electron chi connectivity index (χ1n) is 15.4. The lowest BCUT2D eigenvalue weighted by molar-refractivity contribution is -0.140. The number of rotatable bonds is 6. The highest BCUT2D eigenvalue weighted by atomic mass is 35.5. The Morgan fingerprint density at radius 3 is 2.29 bits per heavy atom. The van der Waals surface area contributed by atoms with Crippen LogP contribution in [0.1, 0.15) is 107 Å². The van der Waals surface area contributed by atoms with Crippen molar-refractivity contribution in [2.45, 2.75) is 109 Å². The fourth-order valence-electron chi connectivity index (χ4n) is 7.72. The fraction of sp³-hybridized carbons (Fsp3) is 0.588. The number of aryl methyl sites for hydroxylation is 1. The van der Waals surface area contributed by atoms with Gasteiger partial charge in [-0.1, -0.05) is 30.7 Å². The Morgan fingerprint density at radius 1 is 1.05 bits per heavy atom. The SMILES string of the molecule is CCC(NC(C)=O)c1cc(C)c(Cl)cc1C1CC2CCC(C1)N2C(=O)C1CN(C(C)(C)C)C[C@H]1c1ccc(F)cc1F. The van der Waals surface area contributed by atoms with Gasteiger partial charge in [0.15, 0.2) is 0 Å². The normalized spacial score (nSPS) is 26.9. The third-order valence-electron chi connectivity index (χ3n) is 9.90. The molecule has 3 saturated heterocycles. The zero-order valence-electron chi connectivity index (χ0n) is 25.6. The van der Waals surface area contributed by atoms with E-state index in [-0.39, 0.29) is 47.3 Å². The molecule has 2 aromatic rings. The number of hydrogen-bond donors (Lipinski definition) is 1. The van der Waals surface area contributed by atoms with Crippen LogP contribution >= 0.6 is 11.6 Å². The lowest BCUT2D eigenvalue weighted by Crippen LogP contribution is -2.50. The minimum Gasteiger partial charge on any atom is -0.350 e. The molecule has 42 heavy (non-hydrogen) atoms. The van der Waals surface area contributed by atoms with Crippen molar-refractivity contribution in [1.29, 1.82) is 0 Å². The Balaban J connectivity index is 1.43. The summed E-state index contributed by atoms with van der Waals surface area (Å²) in [5, 5.41) is 3.83. The number of fused-ring (bicyclic) bond motifs is 2. The first-order valence-corrected chi connectivity index (χ1v) is 15.8. The van der Waals surface area contributed by atoms with Gasteiger partial charge in [0.2, 0.25) is 11.8 Å². The lowest BCUT2D eigenvalue weighted by atomic mass is 9.79. The van der Waals surface area contributed by atoms with E-state index in [9.17, 15) is 14.0 Å². The molecule has 3 aliphatic rings. The maximum atomic E-state index is 15.1. The molecule has 3 fully saturated rings. The molecule has 1 N–H and O–H groups in total. The first kappa shape index (κ1) is 30.9. The number of carbonyl (C=O) groups is 2. The number of nitrogens with one attached hydrogen (secondary N) is 1. The summed E-state index contributed by atoms with van der Waals surface area (Å²) in [4.78, 5) is 30.8. The van der Waals surface area contributed by atoms with Crippen molar-refractivity contribution in [3.8, 4) is 0 Å². The summed E-state index contributed by atoms with van der Waals surface area (Å²) in [6, 6.07) is 8.02. The molecule has 4 unspecified atom stereocenters. The summed E-state index contributed by atoms with van der Waals surface area (Å²) < 4.78 is 28.9. The number of carbonyl (C=O) groups excluding carboxylic acids is 2. The van der Waals surface area contributed by atoms with E-state index in [1.165, 1.54) is 17.7 Å². The van der Waals surface area contributed by atoms with Crippen LogP contribution in [0, 0.1) is 24.5 Å². The van der Waals surface area contributed by atoms with Crippen molar-refractivity contribution in [2.75, 3.05) is 13.1 Å². The highest BCUT2D eigenvalue weighted by Crippen LogP contribution is 2.48. The molecule has 0 aliphatic carbocycles. The van der Waals surface area contributed by atoms with Gasteiger partial charge in [0.05, 0.1) is 12.0 Å². The monoisotopic (exact) mass is 599 g/mol. The van der Waals surface area contributed by atoms with Crippen LogP contribution in [0.25, 0.3) is 0 Å². The van der Waals surface area contributed by atoms with E-state index in [1.54, 1.807) is 6.92 Å². The van der Waals surface area contributed by atoms with Gasteiger partial charge in [0.1, 0.15) is 11.6 Å². The number of benzene rings is 2. The summed E-state index contributed by atoms with van der Waals surface area (Å²) >= 11 is 6.65. The molecule has 2 aromatic carbocycles. The zero-order valence-corrected chi connectivity index (χ0v) is 26.4. The van der Waals surface area contributed by atoms with Crippen LogP contribution in [-0.4, -0.2) is 52.3 Å². The van der Waals surface area contributed by atoms with Crippen molar-refractivity contribution in [3.63, 3.8) is 0 Å².